The van der Waals surface area contributed by atoms with E-state index in [2.05, 4.69) is 20.6 Å². The number of carbonyl (C=O) groups excluding carboxylic acids is 1. The molecule has 3 aromatic heterocycles. The number of benzene rings is 2. The Balaban J connectivity index is 1.30. The van der Waals surface area contributed by atoms with Crippen LogP contribution in [0, 0.1) is 0 Å². The molecule has 5 aromatic rings. The molecule has 3 heterocycles. The SMILES string of the molecule is COc1ccc(NC(=O)c2cn(-c3ccccc3)nn2)cc1OCc1cn2ccccc2n1. The number of anilines is 1. The van der Waals surface area contributed by atoms with Gasteiger partial charge < -0.3 is 19.2 Å². The van der Waals surface area contributed by atoms with E-state index in [0.717, 1.165) is 17.0 Å². The Bertz CT molecular complexity index is 1380. The van der Waals surface area contributed by atoms with E-state index in [4.69, 9.17) is 9.47 Å². The summed E-state index contributed by atoms with van der Waals surface area (Å²) in [6.07, 6.45) is 5.41. The molecule has 0 unspecified atom stereocenters. The van der Waals surface area contributed by atoms with Crippen molar-refractivity contribution in [3.8, 4) is 17.2 Å². The third kappa shape index (κ3) is 4.38. The largest absolute Gasteiger partial charge is 0.493 e. The summed E-state index contributed by atoms with van der Waals surface area (Å²) in [5, 5.41) is 10.8. The number of methoxy groups -OCH3 is 1. The topological polar surface area (TPSA) is 95.6 Å². The molecule has 0 fully saturated rings. The van der Waals surface area contributed by atoms with Crippen LogP contribution >= 0.6 is 0 Å². The second kappa shape index (κ2) is 8.83. The van der Waals surface area contributed by atoms with Gasteiger partial charge in [0.1, 0.15) is 12.3 Å². The van der Waals surface area contributed by atoms with Crippen molar-refractivity contribution in [2.45, 2.75) is 6.61 Å². The van der Waals surface area contributed by atoms with Gasteiger partial charge in [-0.05, 0) is 36.4 Å². The number of amides is 1. The first-order valence-corrected chi connectivity index (χ1v) is 10.2. The summed E-state index contributed by atoms with van der Waals surface area (Å²) in [6, 6.07) is 20.4. The molecule has 33 heavy (non-hydrogen) atoms. The standard InChI is InChI=1S/C24H20N6O3/c1-32-21-11-10-17(13-22(21)33-16-18-14-29-12-6-5-9-23(29)25-18)26-24(31)20-15-30(28-27-20)19-7-3-2-4-8-19/h2-15H,16H2,1H3,(H,26,31). The average Bonchev–Trinajstić information content (AvgIpc) is 3.51. The maximum atomic E-state index is 12.7. The fraction of sp³-hybridized carbons (Fsp3) is 0.0833. The minimum atomic E-state index is -0.381. The van der Waals surface area contributed by atoms with E-state index >= 15 is 0 Å². The first-order valence-electron chi connectivity index (χ1n) is 10.2. The molecule has 0 radical (unpaired) electrons. The predicted octanol–water partition coefficient (Wildman–Crippen LogP) is 3.75. The van der Waals surface area contributed by atoms with Crippen molar-refractivity contribution in [2.24, 2.45) is 0 Å². The number of nitrogens with zero attached hydrogens (tertiary/aromatic N) is 5. The monoisotopic (exact) mass is 440 g/mol. The van der Waals surface area contributed by atoms with Crippen molar-refractivity contribution in [1.82, 2.24) is 24.4 Å². The molecule has 164 valence electrons. The Morgan fingerprint density at radius 3 is 2.67 bits per heavy atom. The van der Waals surface area contributed by atoms with E-state index in [1.807, 2.05) is 65.3 Å². The zero-order valence-corrected chi connectivity index (χ0v) is 17.8. The number of para-hydroxylation sites is 1. The van der Waals surface area contributed by atoms with Gasteiger partial charge in [0, 0.05) is 24.1 Å². The Hall–Kier alpha value is -4.66. The number of hydrogen-bond donors (Lipinski definition) is 1. The minimum Gasteiger partial charge on any atom is -0.493 e. The quantitative estimate of drug-likeness (QED) is 0.414. The molecule has 1 amide bonds. The van der Waals surface area contributed by atoms with Crippen LogP contribution in [0.4, 0.5) is 5.69 Å². The van der Waals surface area contributed by atoms with Crippen molar-refractivity contribution >= 4 is 17.2 Å². The lowest BCUT2D eigenvalue weighted by Crippen LogP contribution is -2.12. The third-order valence-corrected chi connectivity index (χ3v) is 4.96. The number of imidazole rings is 1. The first-order chi connectivity index (χ1) is 16.2. The summed E-state index contributed by atoms with van der Waals surface area (Å²) in [5.41, 5.74) is 3.17. The zero-order valence-electron chi connectivity index (χ0n) is 17.8. The fourth-order valence-corrected chi connectivity index (χ4v) is 3.35. The van der Waals surface area contributed by atoms with Crippen LogP contribution in [0.1, 0.15) is 16.2 Å². The Kier molecular flexibility index (Phi) is 5.42. The summed E-state index contributed by atoms with van der Waals surface area (Å²) in [5.74, 6) is 0.653. The highest BCUT2D eigenvalue weighted by atomic mass is 16.5. The molecule has 0 spiro atoms. The molecule has 0 bridgehead atoms. The van der Waals surface area contributed by atoms with Crippen LogP contribution in [0.15, 0.2) is 85.3 Å². The highest BCUT2D eigenvalue weighted by Crippen LogP contribution is 2.31. The zero-order chi connectivity index (χ0) is 22.6. The van der Waals surface area contributed by atoms with Gasteiger partial charge in [0.25, 0.3) is 5.91 Å². The summed E-state index contributed by atoms with van der Waals surface area (Å²) in [6.45, 7) is 0.251. The van der Waals surface area contributed by atoms with Gasteiger partial charge in [0.15, 0.2) is 17.2 Å². The van der Waals surface area contributed by atoms with Crippen molar-refractivity contribution < 1.29 is 14.3 Å². The molecule has 0 saturated carbocycles. The van der Waals surface area contributed by atoms with E-state index < -0.39 is 0 Å². The third-order valence-electron chi connectivity index (χ3n) is 4.96. The molecule has 0 aliphatic rings. The lowest BCUT2D eigenvalue weighted by molar-refractivity contribution is 0.102. The molecular weight excluding hydrogens is 420 g/mol. The van der Waals surface area contributed by atoms with E-state index in [-0.39, 0.29) is 18.2 Å². The number of carbonyl (C=O) groups is 1. The van der Waals surface area contributed by atoms with Gasteiger partial charge in [0.05, 0.1) is 24.7 Å². The second-order valence-corrected chi connectivity index (χ2v) is 7.19. The molecule has 0 saturated heterocycles. The van der Waals surface area contributed by atoms with Crippen LogP contribution in [-0.2, 0) is 6.61 Å². The number of fused-ring (bicyclic) bond motifs is 1. The Morgan fingerprint density at radius 1 is 1.00 bits per heavy atom. The summed E-state index contributed by atoms with van der Waals surface area (Å²) >= 11 is 0. The lowest BCUT2D eigenvalue weighted by Gasteiger charge is -2.12. The minimum absolute atomic E-state index is 0.196. The summed E-state index contributed by atoms with van der Waals surface area (Å²) < 4.78 is 14.8. The lowest BCUT2D eigenvalue weighted by atomic mass is 10.2. The molecule has 0 aliphatic carbocycles. The highest BCUT2D eigenvalue weighted by Gasteiger charge is 2.14. The van der Waals surface area contributed by atoms with Gasteiger partial charge in [-0.2, -0.15) is 0 Å². The maximum absolute atomic E-state index is 12.7. The second-order valence-electron chi connectivity index (χ2n) is 7.19. The van der Waals surface area contributed by atoms with Crippen molar-refractivity contribution in [3.63, 3.8) is 0 Å². The van der Waals surface area contributed by atoms with Crippen molar-refractivity contribution in [3.05, 3.63) is 96.7 Å². The van der Waals surface area contributed by atoms with E-state index in [0.29, 0.717) is 17.2 Å². The van der Waals surface area contributed by atoms with Crippen LogP contribution in [0.5, 0.6) is 11.5 Å². The normalized spacial score (nSPS) is 10.8. The molecule has 9 heteroatoms. The van der Waals surface area contributed by atoms with Crippen LogP contribution < -0.4 is 14.8 Å². The Labute approximate surface area is 189 Å². The molecule has 5 rings (SSSR count). The maximum Gasteiger partial charge on any atom is 0.277 e. The fourth-order valence-electron chi connectivity index (χ4n) is 3.35. The van der Waals surface area contributed by atoms with E-state index in [1.54, 1.807) is 36.2 Å². The summed E-state index contributed by atoms with van der Waals surface area (Å²) in [4.78, 5) is 17.2. The Morgan fingerprint density at radius 2 is 1.85 bits per heavy atom. The molecule has 1 N–H and O–H groups in total. The number of ether oxygens (including phenoxy) is 2. The van der Waals surface area contributed by atoms with Gasteiger partial charge in [-0.25, -0.2) is 9.67 Å². The highest BCUT2D eigenvalue weighted by molar-refractivity contribution is 6.02. The number of rotatable bonds is 7. The first kappa shape index (κ1) is 20.3. The molecule has 0 atom stereocenters. The molecule has 9 nitrogen and oxygen atoms in total. The number of hydrogen-bond acceptors (Lipinski definition) is 6. The van der Waals surface area contributed by atoms with Crippen LogP contribution in [0.3, 0.4) is 0 Å². The number of aromatic nitrogens is 5. The summed E-state index contributed by atoms with van der Waals surface area (Å²) in [7, 11) is 1.56. The predicted molar refractivity (Wildman–Crippen MR) is 122 cm³/mol. The van der Waals surface area contributed by atoms with Gasteiger partial charge in [-0.1, -0.05) is 29.5 Å². The van der Waals surface area contributed by atoms with Crippen molar-refractivity contribution in [2.75, 3.05) is 12.4 Å². The molecular formula is C24H20N6O3. The van der Waals surface area contributed by atoms with E-state index in [9.17, 15) is 4.79 Å². The van der Waals surface area contributed by atoms with Gasteiger partial charge >= 0.3 is 0 Å². The van der Waals surface area contributed by atoms with Gasteiger partial charge in [-0.3, -0.25) is 4.79 Å². The van der Waals surface area contributed by atoms with Crippen LogP contribution in [0.25, 0.3) is 11.3 Å². The van der Waals surface area contributed by atoms with Crippen LogP contribution in [-0.4, -0.2) is 37.4 Å². The van der Waals surface area contributed by atoms with E-state index in [1.165, 1.54) is 0 Å². The van der Waals surface area contributed by atoms with Gasteiger partial charge in [0.2, 0.25) is 0 Å². The average molecular weight is 440 g/mol. The molecule has 0 aliphatic heterocycles. The number of nitrogens with one attached hydrogen (secondary N) is 1. The smallest absolute Gasteiger partial charge is 0.277 e. The van der Waals surface area contributed by atoms with Crippen molar-refractivity contribution in [1.29, 1.82) is 0 Å². The molecule has 2 aromatic carbocycles. The van der Waals surface area contributed by atoms with Gasteiger partial charge in [-0.15, -0.1) is 5.10 Å². The van der Waals surface area contributed by atoms with Crippen LogP contribution in [0.2, 0.25) is 0 Å². The number of pyridine rings is 1.